The molecule has 0 bridgehead atoms. The third kappa shape index (κ3) is 4.93. The van der Waals surface area contributed by atoms with Crippen LogP contribution in [0.5, 0.6) is 23.0 Å². The second-order valence-electron chi connectivity index (χ2n) is 8.37. The Kier molecular flexibility index (Phi) is 7.33. The molecule has 1 amide bonds. The lowest BCUT2D eigenvalue weighted by atomic mass is 9.95. The third-order valence-electron chi connectivity index (χ3n) is 6.27. The highest BCUT2D eigenvalue weighted by atomic mass is 19.1. The molecule has 2 N–H and O–H groups in total. The van der Waals surface area contributed by atoms with Gasteiger partial charge in [-0.2, -0.15) is 0 Å². The van der Waals surface area contributed by atoms with Crippen LogP contribution >= 0.6 is 0 Å². The van der Waals surface area contributed by atoms with E-state index in [0.717, 1.165) is 17.7 Å². The first-order valence-electron chi connectivity index (χ1n) is 11.4. The summed E-state index contributed by atoms with van der Waals surface area (Å²) < 4.78 is 29.3. The normalized spacial score (nSPS) is 16.6. The highest BCUT2D eigenvalue weighted by Crippen LogP contribution is 2.42. The molecule has 3 aromatic rings. The van der Waals surface area contributed by atoms with Crippen LogP contribution in [0, 0.1) is 5.82 Å². The van der Waals surface area contributed by atoms with E-state index in [1.807, 2.05) is 6.07 Å². The van der Waals surface area contributed by atoms with E-state index in [2.05, 4.69) is 0 Å². The Morgan fingerprint density at radius 2 is 1.57 bits per heavy atom. The number of methoxy groups -OCH3 is 3. The number of benzene rings is 3. The second-order valence-corrected chi connectivity index (χ2v) is 8.37. The topological polar surface area (TPSA) is 106 Å². The van der Waals surface area contributed by atoms with Crippen LogP contribution < -0.4 is 14.2 Å². The van der Waals surface area contributed by atoms with Crippen molar-refractivity contribution in [1.82, 2.24) is 4.90 Å². The van der Waals surface area contributed by atoms with Gasteiger partial charge in [0.1, 0.15) is 11.6 Å². The molecule has 1 saturated heterocycles. The minimum atomic E-state index is -0.973. The van der Waals surface area contributed by atoms with Gasteiger partial charge in [0.15, 0.2) is 23.0 Å². The maximum absolute atomic E-state index is 13.5. The lowest BCUT2D eigenvalue weighted by Gasteiger charge is -2.26. The number of amides is 1. The van der Waals surface area contributed by atoms with Crippen LogP contribution in [0.25, 0.3) is 5.76 Å². The van der Waals surface area contributed by atoms with Crippen molar-refractivity contribution in [2.75, 3.05) is 27.9 Å². The number of carbonyl (C=O) groups is 2. The van der Waals surface area contributed by atoms with Gasteiger partial charge in [-0.15, -0.1) is 0 Å². The van der Waals surface area contributed by atoms with Crippen molar-refractivity contribution in [3.05, 3.63) is 88.7 Å². The number of carbonyl (C=O) groups excluding carboxylic acids is 2. The van der Waals surface area contributed by atoms with Crippen LogP contribution in [0.15, 0.2) is 66.2 Å². The Hall–Kier alpha value is -4.53. The van der Waals surface area contributed by atoms with Gasteiger partial charge >= 0.3 is 0 Å². The van der Waals surface area contributed by atoms with Crippen LogP contribution in [0.1, 0.15) is 22.7 Å². The Morgan fingerprint density at radius 1 is 0.892 bits per heavy atom. The molecule has 1 atom stereocenters. The second kappa shape index (κ2) is 10.6. The zero-order chi connectivity index (χ0) is 26.7. The summed E-state index contributed by atoms with van der Waals surface area (Å²) in [5.41, 5.74) is 1.33. The molecule has 0 spiro atoms. The molecule has 1 unspecified atom stereocenters. The molecule has 0 saturated carbocycles. The fraction of sp³-hybridized carbons (Fsp3) is 0.214. The molecule has 3 aromatic carbocycles. The molecule has 1 aliphatic heterocycles. The molecule has 1 fully saturated rings. The third-order valence-corrected chi connectivity index (χ3v) is 6.27. The van der Waals surface area contributed by atoms with E-state index < -0.39 is 29.3 Å². The number of nitrogens with zero attached hydrogens (tertiary/aromatic N) is 1. The predicted molar refractivity (Wildman–Crippen MR) is 133 cm³/mol. The molecule has 0 radical (unpaired) electrons. The highest BCUT2D eigenvalue weighted by molar-refractivity contribution is 6.46. The van der Waals surface area contributed by atoms with Gasteiger partial charge in [0.25, 0.3) is 11.7 Å². The van der Waals surface area contributed by atoms with Crippen LogP contribution in [0.4, 0.5) is 4.39 Å². The number of Topliss-reactive ketones (excluding diaryl/α,β-unsaturated/α-hetero) is 1. The van der Waals surface area contributed by atoms with Gasteiger partial charge in [-0.05, 0) is 66.1 Å². The lowest BCUT2D eigenvalue weighted by molar-refractivity contribution is -0.139. The molecule has 8 nitrogen and oxygen atoms in total. The van der Waals surface area contributed by atoms with Crippen LogP contribution in [0.2, 0.25) is 0 Å². The molecule has 192 valence electrons. The van der Waals surface area contributed by atoms with Crippen molar-refractivity contribution in [3.8, 4) is 23.0 Å². The zero-order valence-electron chi connectivity index (χ0n) is 20.5. The average molecular weight is 508 g/mol. The van der Waals surface area contributed by atoms with Gasteiger partial charge in [0, 0.05) is 12.1 Å². The number of hydrogen-bond donors (Lipinski definition) is 2. The maximum atomic E-state index is 13.5. The van der Waals surface area contributed by atoms with E-state index in [9.17, 15) is 24.2 Å². The minimum Gasteiger partial charge on any atom is -0.507 e. The number of phenols is 1. The Balaban J connectivity index is 1.78. The number of aliphatic hydroxyl groups excluding tert-OH is 1. The van der Waals surface area contributed by atoms with Crippen LogP contribution in [0.3, 0.4) is 0 Å². The fourth-order valence-electron chi connectivity index (χ4n) is 4.37. The number of halogens is 1. The molecule has 9 heteroatoms. The first-order valence-corrected chi connectivity index (χ1v) is 11.4. The van der Waals surface area contributed by atoms with Crippen molar-refractivity contribution in [3.63, 3.8) is 0 Å². The molecular formula is C28H26FNO7. The standard InChI is InChI=1S/C28H26FNO7/c1-35-21-11-4-16(14-23(21)37-3)12-13-30-25(18-7-10-20(31)22(15-18)36-2)24(27(33)28(30)34)26(32)17-5-8-19(29)9-6-17/h4-11,14-15,25,31-32H,12-13H2,1-3H3/b26-24-. The van der Waals surface area contributed by atoms with Crippen molar-refractivity contribution in [2.45, 2.75) is 12.5 Å². The Bertz CT molecular complexity index is 1370. The molecular weight excluding hydrogens is 481 g/mol. The first-order chi connectivity index (χ1) is 17.8. The molecule has 4 rings (SSSR count). The summed E-state index contributed by atoms with van der Waals surface area (Å²) in [7, 11) is 4.43. The van der Waals surface area contributed by atoms with Crippen LogP contribution in [-0.2, 0) is 16.0 Å². The van der Waals surface area contributed by atoms with E-state index in [4.69, 9.17) is 14.2 Å². The smallest absolute Gasteiger partial charge is 0.295 e. The van der Waals surface area contributed by atoms with Crippen molar-refractivity contribution in [1.29, 1.82) is 0 Å². The highest BCUT2D eigenvalue weighted by Gasteiger charge is 2.46. The molecule has 1 aliphatic rings. The lowest BCUT2D eigenvalue weighted by Crippen LogP contribution is -2.31. The summed E-state index contributed by atoms with van der Waals surface area (Å²) in [6.45, 7) is 0.133. The molecule has 1 heterocycles. The van der Waals surface area contributed by atoms with Crippen LogP contribution in [-0.4, -0.2) is 54.7 Å². The number of rotatable bonds is 8. The van der Waals surface area contributed by atoms with Crippen molar-refractivity contribution >= 4 is 17.4 Å². The Labute approximate surface area is 213 Å². The van der Waals surface area contributed by atoms with Gasteiger partial charge in [-0.1, -0.05) is 12.1 Å². The summed E-state index contributed by atoms with van der Waals surface area (Å²) in [4.78, 5) is 27.8. The monoisotopic (exact) mass is 507 g/mol. The van der Waals surface area contributed by atoms with Crippen molar-refractivity contribution in [2.24, 2.45) is 0 Å². The number of likely N-dealkylation sites (tertiary alicyclic amines) is 1. The zero-order valence-corrected chi connectivity index (χ0v) is 20.5. The average Bonchev–Trinajstić information content (AvgIpc) is 3.16. The summed E-state index contributed by atoms with van der Waals surface area (Å²) in [5.74, 6) is -1.49. The van der Waals surface area contributed by atoms with Gasteiger partial charge in [-0.3, -0.25) is 9.59 Å². The summed E-state index contributed by atoms with van der Waals surface area (Å²) in [6, 6.07) is 13.8. The fourth-order valence-corrected chi connectivity index (χ4v) is 4.37. The largest absolute Gasteiger partial charge is 0.507 e. The van der Waals surface area contributed by atoms with Gasteiger partial charge in [0.05, 0.1) is 32.9 Å². The number of aliphatic hydroxyl groups is 1. The quantitative estimate of drug-likeness (QED) is 0.267. The number of phenolic OH excluding ortho intramolecular Hbond substituents is 1. The number of ketones is 1. The predicted octanol–water partition coefficient (Wildman–Crippen LogP) is 4.22. The number of hydrogen-bond acceptors (Lipinski definition) is 7. The number of aromatic hydroxyl groups is 1. The maximum Gasteiger partial charge on any atom is 0.295 e. The van der Waals surface area contributed by atoms with Gasteiger partial charge in [-0.25, -0.2) is 4.39 Å². The van der Waals surface area contributed by atoms with E-state index in [-0.39, 0.29) is 29.2 Å². The minimum absolute atomic E-state index is 0.118. The molecule has 0 aliphatic carbocycles. The van der Waals surface area contributed by atoms with Gasteiger partial charge < -0.3 is 29.3 Å². The SMILES string of the molecule is COc1cc(C2/C(=C(/O)c3ccc(F)cc3)C(=O)C(=O)N2CCc2ccc(OC)c(OC)c2)ccc1O. The van der Waals surface area contributed by atoms with Gasteiger partial charge in [0.2, 0.25) is 0 Å². The molecule has 0 aromatic heterocycles. The molecule has 37 heavy (non-hydrogen) atoms. The van der Waals surface area contributed by atoms with E-state index in [0.29, 0.717) is 23.5 Å². The first kappa shape index (κ1) is 25.6. The number of ether oxygens (including phenoxy) is 3. The summed E-state index contributed by atoms with van der Waals surface area (Å²) in [5, 5.41) is 21.2. The van der Waals surface area contributed by atoms with E-state index >= 15 is 0 Å². The van der Waals surface area contributed by atoms with E-state index in [1.54, 1.807) is 18.2 Å². The Morgan fingerprint density at radius 3 is 2.22 bits per heavy atom. The van der Waals surface area contributed by atoms with Crippen molar-refractivity contribution < 1.29 is 38.4 Å². The summed E-state index contributed by atoms with van der Waals surface area (Å²) >= 11 is 0. The van der Waals surface area contributed by atoms with E-state index in [1.165, 1.54) is 50.5 Å². The summed E-state index contributed by atoms with van der Waals surface area (Å²) in [6.07, 6.45) is 0.371.